The van der Waals surface area contributed by atoms with Crippen molar-refractivity contribution in [2.24, 2.45) is 7.05 Å². The summed E-state index contributed by atoms with van der Waals surface area (Å²) < 4.78 is 1.90. The topological polar surface area (TPSA) is 29.9 Å². The summed E-state index contributed by atoms with van der Waals surface area (Å²) in [5.74, 6) is 0.479. The van der Waals surface area contributed by atoms with Gasteiger partial charge in [0.1, 0.15) is 0 Å². The molecular formula is C14H21N3S. The zero-order chi connectivity index (χ0) is 13.1. The van der Waals surface area contributed by atoms with Crippen LogP contribution in [-0.4, -0.2) is 9.78 Å². The largest absolute Gasteiger partial charge is 0.308 e. The van der Waals surface area contributed by atoms with Crippen molar-refractivity contribution in [2.45, 2.75) is 39.8 Å². The van der Waals surface area contributed by atoms with Crippen LogP contribution in [0.25, 0.3) is 0 Å². The first-order valence-corrected chi connectivity index (χ1v) is 7.16. The van der Waals surface area contributed by atoms with Crippen LogP contribution in [0.3, 0.4) is 0 Å². The van der Waals surface area contributed by atoms with Gasteiger partial charge in [-0.25, -0.2) is 0 Å². The van der Waals surface area contributed by atoms with Crippen LogP contribution in [0.4, 0.5) is 0 Å². The van der Waals surface area contributed by atoms with Gasteiger partial charge in [0, 0.05) is 41.7 Å². The molecule has 0 unspecified atom stereocenters. The Morgan fingerprint density at radius 1 is 1.33 bits per heavy atom. The third-order valence-electron chi connectivity index (χ3n) is 2.89. The summed E-state index contributed by atoms with van der Waals surface area (Å²) in [6.45, 7) is 8.35. The lowest BCUT2D eigenvalue weighted by Gasteiger charge is -2.06. The number of aryl methyl sites for hydroxylation is 2. The van der Waals surface area contributed by atoms with Gasteiger partial charge in [0.25, 0.3) is 0 Å². The van der Waals surface area contributed by atoms with Gasteiger partial charge in [-0.05, 0) is 25.0 Å². The predicted octanol–water partition coefficient (Wildman–Crippen LogP) is 3.20. The fraction of sp³-hybridized carbons (Fsp3) is 0.500. The van der Waals surface area contributed by atoms with E-state index in [1.54, 1.807) is 0 Å². The van der Waals surface area contributed by atoms with Gasteiger partial charge in [0.2, 0.25) is 0 Å². The van der Waals surface area contributed by atoms with Crippen molar-refractivity contribution in [3.05, 3.63) is 39.3 Å². The Hall–Kier alpha value is -1.13. The molecule has 18 heavy (non-hydrogen) atoms. The van der Waals surface area contributed by atoms with Gasteiger partial charge in [-0.2, -0.15) is 5.10 Å². The van der Waals surface area contributed by atoms with E-state index in [0.717, 1.165) is 13.1 Å². The quantitative estimate of drug-likeness (QED) is 0.897. The van der Waals surface area contributed by atoms with Crippen molar-refractivity contribution in [3.63, 3.8) is 0 Å². The highest BCUT2D eigenvalue weighted by Crippen LogP contribution is 2.18. The first kappa shape index (κ1) is 13.3. The highest BCUT2D eigenvalue weighted by Gasteiger charge is 2.10. The average molecular weight is 263 g/mol. The van der Waals surface area contributed by atoms with Crippen LogP contribution in [0, 0.1) is 6.92 Å². The molecule has 0 aliphatic heterocycles. The molecule has 1 N–H and O–H groups in total. The molecule has 0 atom stereocenters. The fourth-order valence-corrected chi connectivity index (χ4v) is 2.94. The molecule has 2 heterocycles. The highest BCUT2D eigenvalue weighted by molar-refractivity contribution is 7.11. The third-order valence-corrected chi connectivity index (χ3v) is 3.90. The molecular weight excluding hydrogens is 242 g/mol. The van der Waals surface area contributed by atoms with Gasteiger partial charge in [-0.3, -0.25) is 4.68 Å². The molecule has 0 aromatic carbocycles. The van der Waals surface area contributed by atoms with Crippen LogP contribution >= 0.6 is 11.3 Å². The Morgan fingerprint density at radius 2 is 2.11 bits per heavy atom. The number of thiophene rings is 1. The predicted molar refractivity (Wildman–Crippen MR) is 76.9 cm³/mol. The molecule has 2 aromatic rings. The molecule has 0 aliphatic carbocycles. The molecule has 0 bridgehead atoms. The second-order valence-corrected chi connectivity index (χ2v) is 6.36. The van der Waals surface area contributed by atoms with E-state index in [2.05, 4.69) is 49.5 Å². The van der Waals surface area contributed by atoms with Gasteiger partial charge in [-0.1, -0.05) is 13.8 Å². The highest BCUT2D eigenvalue weighted by atomic mass is 32.1. The van der Waals surface area contributed by atoms with Crippen molar-refractivity contribution in [1.29, 1.82) is 0 Å². The van der Waals surface area contributed by atoms with Gasteiger partial charge in [0.15, 0.2) is 0 Å². The van der Waals surface area contributed by atoms with Gasteiger partial charge in [-0.15, -0.1) is 11.3 Å². The lowest BCUT2D eigenvalue weighted by molar-refractivity contribution is 0.683. The number of aromatic nitrogens is 2. The Labute approximate surface area is 113 Å². The van der Waals surface area contributed by atoms with E-state index in [4.69, 9.17) is 0 Å². The van der Waals surface area contributed by atoms with Crippen molar-refractivity contribution < 1.29 is 0 Å². The summed E-state index contributed by atoms with van der Waals surface area (Å²) in [7, 11) is 1.98. The van der Waals surface area contributed by atoms with E-state index in [1.807, 2.05) is 23.1 Å². The minimum absolute atomic E-state index is 0.479. The zero-order valence-electron chi connectivity index (χ0n) is 11.5. The van der Waals surface area contributed by atoms with Crippen molar-refractivity contribution in [2.75, 3.05) is 0 Å². The van der Waals surface area contributed by atoms with Crippen molar-refractivity contribution in [1.82, 2.24) is 15.1 Å². The van der Waals surface area contributed by atoms with Gasteiger partial charge < -0.3 is 5.32 Å². The maximum absolute atomic E-state index is 4.52. The summed E-state index contributed by atoms with van der Waals surface area (Å²) in [6, 6.07) is 4.37. The summed E-state index contributed by atoms with van der Waals surface area (Å²) in [4.78, 5) is 2.76. The molecule has 0 saturated carbocycles. The van der Waals surface area contributed by atoms with Crippen LogP contribution in [-0.2, 0) is 20.1 Å². The molecule has 2 rings (SSSR count). The van der Waals surface area contributed by atoms with Gasteiger partial charge >= 0.3 is 0 Å². The van der Waals surface area contributed by atoms with Crippen LogP contribution in [0.1, 0.15) is 40.8 Å². The minimum Gasteiger partial charge on any atom is -0.308 e. The molecule has 4 heteroatoms. The molecule has 0 spiro atoms. The Kier molecular flexibility index (Phi) is 4.19. The second-order valence-electron chi connectivity index (χ2n) is 4.98. The van der Waals surface area contributed by atoms with Crippen LogP contribution < -0.4 is 5.32 Å². The van der Waals surface area contributed by atoms with Gasteiger partial charge in [0.05, 0.1) is 5.69 Å². The van der Waals surface area contributed by atoms with Crippen molar-refractivity contribution >= 4 is 11.3 Å². The summed E-state index contributed by atoms with van der Waals surface area (Å²) >= 11 is 1.86. The summed E-state index contributed by atoms with van der Waals surface area (Å²) in [5, 5.41) is 8.02. The molecule has 0 aliphatic rings. The molecule has 0 amide bonds. The van der Waals surface area contributed by atoms with E-state index in [9.17, 15) is 0 Å². The monoisotopic (exact) mass is 263 g/mol. The minimum atomic E-state index is 0.479. The van der Waals surface area contributed by atoms with E-state index in [1.165, 1.54) is 21.0 Å². The van der Waals surface area contributed by atoms with E-state index in [-0.39, 0.29) is 0 Å². The molecule has 3 nitrogen and oxygen atoms in total. The first-order valence-electron chi connectivity index (χ1n) is 6.34. The van der Waals surface area contributed by atoms with Crippen LogP contribution in [0.15, 0.2) is 18.3 Å². The smallest absolute Gasteiger partial charge is 0.0694 e. The lowest BCUT2D eigenvalue weighted by Crippen LogP contribution is -2.12. The molecule has 2 aromatic heterocycles. The Morgan fingerprint density at radius 3 is 2.72 bits per heavy atom. The van der Waals surface area contributed by atoms with E-state index in [0.29, 0.717) is 5.92 Å². The van der Waals surface area contributed by atoms with E-state index < -0.39 is 0 Å². The second kappa shape index (κ2) is 5.67. The maximum Gasteiger partial charge on any atom is 0.0694 e. The first-order chi connectivity index (χ1) is 8.56. The molecule has 98 valence electrons. The number of hydrogen-bond acceptors (Lipinski definition) is 3. The fourth-order valence-electron chi connectivity index (χ4n) is 2.08. The normalized spacial score (nSPS) is 11.4. The van der Waals surface area contributed by atoms with Crippen molar-refractivity contribution in [3.8, 4) is 0 Å². The molecule has 0 fully saturated rings. The molecule has 0 saturated heterocycles. The SMILES string of the molecule is Cc1ccc(CNCc2cn(C)nc2C(C)C)s1. The Balaban J connectivity index is 1.94. The summed E-state index contributed by atoms with van der Waals surface area (Å²) in [6.07, 6.45) is 2.11. The average Bonchev–Trinajstić information content (AvgIpc) is 2.85. The number of rotatable bonds is 5. The number of nitrogens with zero attached hydrogens (tertiary/aromatic N) is 2. The third kappa shape index (κ3) is 3.21. The lowest BCUT2D eigenvalue weighted by atomic mass is 10.1. The van der Waals surface area contributed by atoms with E-state index >= 15 is 0 Å². The standard InChI is InChI=1S/C14H21N3S/c1-10(2)14-12(9-17(4)16-14)7-15-8-13-6-5-11(3)18-13/h5-6,9-10,15H,7-8H2,1-4H3. The summed E-state index contributed by atoms with van der Waals surface area (Å²) in [5.41, 5.74) is 2.51. The number of nitrogens with one attached hydrogen (secondary N) is 1. The van der Waals surface area contributed by atoms with Crippen LogP contribution in [0.2, 0.25) is 0 Å². The number of hydrogen-bond donors (Lipinski definition) is 1. The zero-order valence-corrected chi connectivity index (χ0v) is 12.3. The molecule has 0 radical (unpaired) electrons. The maximum atomic E-state index is 4.52. The Bertz CT molecular complexity index is 511. The van der Waals surface area contributed by atoms with Crippen LogP contribution in [0.5, 0.6) is 0 Å².